The summed E-state index contributed by atoms with van der Waals surface area (Å²) in [5, 5.41) is 0. The van der Waals surface area contributed by atoms with Crippen LogP contribution in [0, 0.1) is 6.92 Å². The van der Waals surface area contributed by atoms with Crippen LogP contribution in [0.15, 0.2) is 24.3 Å². The lowest BCUT2D eigenvalue weighted by atomic mass is 10.1. The number of carbonyl (C=O) groups is 2. The summed E-state index contributed by atoms with van der Waals surface area (Å²) in [4.78, 5) is 23.4. The summed E-state index contributed by atoms with van der Waals surface area (Å²) in [6.45, 7) is 4.61. The van der Waals surface area contributed by atoms with Crippen LogP contribution in [0.2, 0.25) is 0 Å². The number of unbranched alkanes of at least 4 members (excludes halogenated alkanes) is 8. The summed E-state index contributed by atoms with van der Waals surface area (Å²) < 4.78 is 10.4. The summed E-state index contributed by atoms with van der Waals surface area (Å²) in [6.07, 6.45) is 11.2. The molecule has 0 unspecified atom stereocenters. The van der Waals surface area contributed by atoms with Crippen LogP contribution in [-0.2, 0) is 14.3 Å². The van der Waals surface area contributed by atoms with E-state index in [1.165, 1.54) is 44.9 Å². The molecule has 0 aromatic heterocycles. The Labute approximate surface area is 158 Å². The highest BCUT2D eigenvalue weighted by atomic mass is 16.5. The molecule has 0 fully saturated rings. The van der Waals surface area contributed by atoms with E-state index in [0.29, 0.717) is 12.4 Å². The van der Waals surface area contributed by atoms with Gasteiger partial charge in [-0.2, -0.15) is 0 Å². The Morgan fingerprint density at radius 3 is 2.12 bits per heavy atom. The average molecular weight is 363 g/mol. The number of aryl methyl sites for hydroxylation is 1. The van der Waals surface area contributed by atoms with E-state index < -0.39 is 5.97 Å². The van der Waals surface area contributed by atoms with Gasteiger partial charge >= 0.3 is 11.9 Å². The summed E-state index contributed by atoms with van der Waals surface area (Å²) in [5.41, 5.74) is 1.02. The Morgan fingerprint density at radius 1 is 0.846 bits per heavy atom. The fourth-order valence-electron chi connectivity index (χ4n) is 2.74. The van der Waals surface area contributed by atoms with Crippen LogP contribution in [0.25, 0.3) is 0 Å². The van der Waals surface area contributed by atoms with Crippen LogP contribution in [0.3, 0.4) is 0 Å². The third kappa shape index (κ3) is 11.7. The number of carbonyl (C=O) groups excluding carboxylic acids is 2. The molecule has 0 spiro atoms. The highest BCUT2D eigenvalue weighted by Gasteiger charge is 2.10. The van der Waals surface area contributed by atoms with Crippen LogP contribution < -0.4 is 4.74 Å². The second-order valence-electron chi connectivity index (χ2n) is 6.84. The molecule has 0 bridgehead atoms. The zero-order chi connectivity index (χ0) is 19.0. The normalized spacial score (nSPS) is 10.5. The average Bonchev–Trinajstić information content (AvgIpc) is 2.61. The molecule has 0 aliphatic carbocycles. The van der Waals surface area contributed by atoms with E-state index in [0.717, 1.165) is 18.4 Å². The molecule has 0 radical (unpaired) electrons. The Hall–Kier alpha value is -1.84. The fourth-order valence-corrected chi connectivity index (χ4v) is 2.74. The maximum atomic E-state index is 11.7. The lowest BCUT2D eigenvalue weighted by molar-refractivity contribution is -0.147. The van der Waals surface area contributed by atoms with Crippen molar-refractivity contribution < 1.29 is 19.1 Å². The molecule has 4 nitrogen and oxygen atoms in total. The Bertz CT molecular complexity index is 525. The van der Waals surface area contributed by atoms with Crippen LogP contribution in [0.4, 0.5) is 0 Å². The minimum Gasteiger partial charge on any atom is -0.466 e. The van der Waals surface area contributed by atoms with Gasteiger partial charge in [0.1, 0.15) is 5.75 Å². The van der Waals surface area contributed by atoms with Gasteiger partial charge in [-0.3, -0.25) is 9.59 Å². The molecular weight excluding hydrogens is 328 g/mol. The molecule has 1 aromatic carbocycles. The quantitative estimate of drug-likeness (QED) is 0.240. The first-order chi connectivity index (χ1) is 12.6. The van der Waals surface area contributed by atoms with Crippen LogP contribution in [0.5, 0.6) is 5.75 Å². The third-order valence-corrected chi connectivity index (χ3v) is 4.27. The summed E-state index contributed by atoms with van der Waals surface area (Å²) >= 11 is 0. The van der Waals surface area contributed by atoms with Gasteiger partial charge in [-0.05, 0) is 31.0 Å². The molecular formula is C22H34O4. The number of ether oxygens (including phenoxy) is 2. The second kappa shape index (κ2) is 14.3. The maximum absolute atomic E-state index is 11.7. The summed E-state index contributed by atoms with van der Waals surface area (Å²) in [5.74, 6) is -0.223. The number of hydrogen-bond donors (Lipinski definition) is 0. The molecule has 0 aliphatic rings. The number of benzene rings is 1. The van der Waals surface area contributed by atoms with E-state index in [1.54, 1.807) is 12.1 Å². The molecule has 0 atom stereocenters. The molecule has 146 valence electrons. The summed E-state index contributed by atoms with van der Waals surface area (Å²) in [7, 11) is 0. The minimum atomic E-state index is -0.407. The van der Waals surface area contributed by atoms with Gasteiger partial charge in [-0.25, -0.2) is 0 Å². The van der Waals surface area contributed by atoms with Crippen LogP contribution >= 0.6 is 0 Å². The van der Waals surface area contributed by atoms with Gasteiger partial charge in [0, 0.05) is 0 Å². The standard InChI is InChI=1S/C22H34O4/c1-3-4-5-6-7-8-9-10-11-17-25-21(23)15-16-22(24)26-20-14-12-13-19(2)18-20/h12-14,18H,3-11,15-17H2,1-2H3. The van der Waals surface area contributed by atoms with E-state index in [-0.39, 0.29) is 18.8 Å². The predicted octanol–water partition coefficient (Wildman–Crippen LogP) is 5.75. The SMILES string of the molecule is CCCCCCCCCCCOC(=O)CCC(=O)Oc1cccc(C)c1. The van der Waals surface area contributed by atoms with Crippen molar-refractivity contribution in [1.29, 1.82) is 0 Å². The predicted molar refractivity (Wildman–Crippen MR) is 104 cm³/mol. The number of esters is 2. The first-order valence-electron chi connectivity index (χ1n) is 10.0. The van der Waals surface area contributed by atoms with Gasteiger partial charge in [-0.1, -0.05) is 70.4 Å². The summed E-state index contributed by atoms with van der Waals surface area (Å²) in [6, 6.07) is 7.28. The Morgan fingerprint density at radius 2 is 1.46 bits per heavy atom. The number of hydrogen-bond acceptors (Lipinski definition) is 4. The van der Waals surface area contributed by atoms with Crippen molar-refractivity contribution in [2.75, 3.05) is 6.61 Å². The second-order valence-corrected chi connectivity index (χ2v) is 6.84. The highest BCUT2D eigenvalue weighted by Crippen LogP contribution is 2.13. The molecule has 0 saturated carbocycles. The first-order valence-corrected chi connectivity index (χ1v) is 10.0. The Balaban J connectivity index is 1.97. The van der Waals surface area contributed by atoms with Crippen molar-refractivity contribution in [2.24, 2.45) is 0 Å². The Kier molecular flexibility index (Phi) is 12.2. The lowest BCUT2D eigenvalue weighted by Crippen LogP contribution is -2.12. The third-order valence-electron chi connectivity index (χ3n) is 4.27. The molecule has 0 amide bonds. The topological polar surface area (TPSA) is 52.6 Å². The molecule has 0 heterocycles. The molecule has 4 heteroatoms. The van der Waals surface area contributed by atoms with Crippen molar-refractivity contribution in [1.82, 2.24) is 0 Å². The van der Waals surface area contributed by atoms with Gasteiger partial charge in [-0.15, -0.1) is 0 Å². The largest absolute Gasteiger partial charge is 0.466 e. The van der Waals surface area contributed by atoms with E-state index in [9.17, 15) is 9.59 Å². The van der Waals surface area contributed by atoms with Gasteiger partial charge < -0.3 is 9.47 Å². The zero-order valence-electron chi connectivity index (χ0n) is 16.4. The van der Waals surface area contributed by atoms with E-state index in [2.05, 4.69) is 6.92 Å². The highest BCUT2D eigenvalue weighted by molar-refractivity contribution is 5.79. The molecule has 1 rings (SSSR count). The lowest BCUT2D eigenvalue weighted by Gasteiger charge is -2.06. The zero-order valence-corrected chi connectivity index (χ0v) is 16.4. The van der Waals surface area contributed by atoms with E-state index in [1.807, 2.05) is 19.1 Å². The van der Waals surface area contributed by atoms with Crippen molar-refractivity contribution >= 4 is 11.9 Å². The van der Waals surface area contributed by atoms with Gasteiger partial charge in [0.15, 0.2) is 0 Å². The number of rotatable bonds is 14. The van der Waals surface area contributed by atoms with E-state index >= 15 is 0 Å². The van der Waals surface area contributed by atoms with Crippen molar-refractivity contribution in [3.05, 3.63) is 29.8 Å². The van der Waals surface area contributed by atoms with Crippen molar-refractivity contribution in [2.45, 2.75) is 84.5 Å². The van der Waals surface area contributed by atoms with Crippen molar-refractivity contribution in [3.63, 3.8) is 0 Å². The van der Waals surface area contributed by atoms with Crippen LogP contribution in [-0.4, -0.2) is 18.5 Å². The molecule has 0 aliphatic heterocycles. The monoisotopic (exact) mass is 362 g/mol. The molecule has 0 saturated heterocycles. The van der Waals surface area contributed by atoms with Crippen LogP contribution in [0.1, 0.15) is 83.1 Å². The molecule has 0 N–H and O–H groups in total. The van der Waals surface area contributed by atoms with E-state index in [4.69, 9.17) is 9.47 Å². The van der Waals surface area contributed by atoms with Gasteiger partial charge in [0.2, 0.25) is 0 Å². The molecule has 26 heavy (non-hydrogen) atoms. The maximum Gasteiger partial charge on any atom is 0.311 e. The minimum absolute atomic E-state index is 0.0462. The first kappa shape index (κ1) is 22.2. The fraction of sp³-hybridized carbons (Fsp3) is 0.636. The molecule has 1 aromatic rings. The van der Waals surface area contributed by atoms with Gasteiger partial charge in [0.25, 0.3) is 0 Å². The van der Waals surface area contributed by atoms with Crippen molar-refractivity contribution in [3.8, 4) is 5.75 Å². The smallest absolute Gasteiger partial charge is 0.311 e. The van der Waals surface area contributed by atoms with Gasteiger partial charge in [0.05, 0.1) is 19.4 Å².